The van der Waals surface area contributed by atoms with Gasteiger partial charge in [0.2, 0.25) is 0 Å². The standard InChI is InChI=1S/C53H41N3/c54-52(41-26-12-4-13-27-41)51(40-24-10-3-11-25-40)53-46-35-34-44(36-42(46)37-49(55-53)39-22-8-2-9-23-39)56(43-28-14-5-15-29-43)50-33-19-18-32-48(50)47-31-17-16-30-45(47)38-20-6-1-7-21-38/h1-37,52,55H,54H2/b53-51-. The Bertz CT molecular complexity index is 2650. The highest BCUT2D eigenvalue weighted by molar-refractivity contribution is 6.04. The van der Waals surface area contributed by atoms with Crippen LogP contribution in [0.3, 0.4) is 0 Å². The van der Waals surface area contributed by atoms with Crippen molar-refractivity contribution in [1.29, 1.82) is 0 Å². The van der Waals surface area contributed by atoms with Crippen LogP contribution in [0, 0.1) is 0 Å². The highest BCUT2D eigenvalue weighted by Gasteiger charge is 2.27. The van der Waals surface area contributed by atoms with Crippen LogP contribution in [0.25, 0.3) is 45.3 Å². The molecule has 1 atom stereocenters. The van der Waals surface area contributed by atoms with E-state index in [9.17, 15) is 0 Å². The molecule has 268 valence electrons. The molecule has 9 rings (SSSR count). The van der Waals surface area contributed by atoms with Gasteiger partial charge in [0, 0.05) is 33.8 Å². The number of anilines is 3. The lowest BCUT2D eigenvalue weighted by atomic mass is 9.86. The summed E-state index contributed by atoms with van der Waals surface area (Å²) in [5.74, 6) is 0. The van der Waals surface area contributed by atoms with Gasteiger partial charge in [-0.15, -0.1) is 0 Å². The lowest BCUT2D eigenvalue weighted by Gasteiger charge is -2.31. The van der Waals surface area contributed by atoms with Gasteiger partial charge in [0.05, 0.1) is 17.4 Å². The van der Waals surface area contributed by atoms with Crippen molar-refractivity contribution in [1.82, 2.24) is 5.32 Å². The monoisotopic (exact) mass is 719 g/mol. The lowest BCUT2D eigenvalue weighted by Crippen LogP contribution is -2.22. The van der Waals surface area contributed by atoms with Gasteiger partial charge in [0.15, 0.2) is 0 Å². The SMILES string of the molecule is NC(/C(=C1\NC(c2ccccc2)=Cc2cc(N(c3ccccc3)c3ccccc3-c3ccccc3-c3ccccc3)ccc21)c1ccccc1)c1ccccc1. The summed E-state index contributed by atoms with van der Waals surface area (Å²) in [5, 5.41) is 3.89. The second-order valence-corrected chi connectivity index (χ2v) is 14.0. The number of fused-ring (bicyclic) bond motifs is 1. The van der Waals surface area contributed by atoms with Crippen molar-refractivity contribution < 1.29 is 0 Å². The van der Waals surface area contributed by atoms with Gasteiger partial charge in [-0.25, -0.2) is 0 Å². The molecule has 8 aromatic rings. The summed E-state index contributed by atoms with van der Waals surface area (Å²) in [5.41, 5.74) is 23.7. The van der Waals surface area contributed by atoms with Crippen LogP contribution < -0.4 is 16.0 Å². The molecule has 0 radical (unpaired) electrons. The average Bonchev–Trinajstić information content (AvgIpc) is 3.28. The molecule has 0 bridgehead atoms. The molecule has 0 aromatic heterocycles. The van der Waals surface area contributed by atoms with E-state index in [2.05, 4.69) is 229 Å². The van der Waals surface area contributed by atoms with Crippen LogP contribution in [0.15, 0.2) is 218 Å². The Morgan fingerprint density at radius 2 is 0.982 bits per heavy atom. The van der Waals surface area contributed by atoms with E-state index in [-0.39, 0.29) is 6.04 Å². The zero-order chi connectivity index (χ0) is 37.7. The number of benzene rings is 8. The first-order chi connectivity index (χ1) is 27.7. The maximum absolute atomic E-state index is 7.27. The minimum Gasteiger partial charge on any atom is -0.354 e. The minimum atomic E-state index is -0.374. The van der Waals surface area contributed by atoms with Crippen molar-refractivity contribution in [3.8, 4) is 22.3 Å². The molecule has 1 unspecified atom stereocenters. The van der Waals surface area contributed by atoms with E-state index in [0.29, 0.717) is 0 Å². The third kappa shape index (κ3) is 6.84. The van der Waals surface area contributed by atoms with E-state index in [1.807, 2.05) is 6.07 Å². The number of para-hydroxylation sites is 2. The van der Waals surface area contributed by atoms with Crippen LogP contribution in [0.1, 0.15) is 33.9 Å². The van der Waals surface area contributed by atoms with Crippen molar-refractivity contribution in [2.45, 2.75) is 6.04 Å². The van der Waals surface area contributed by atoms with Gasteiger partial charge in [-0.1, -0.05) is 188 Å². The molecule has 8 aromatic carbocycles. The Morgan fingerprint density at radius 3 is 1.66 bits per heavy atom. The summed E-state index contributed by atoms with van der Waals surface area (Å²) in [6.07, 6.45) is 2.27. The summed E-state index contributed by atoms with van der Waals surface area (Å²) in [6, 6.07) is 76.6. The normalized spacial score (nSPS) is 13.5. The number of nitrogens with two attached hydrogens (primary N) is 1. The van der Waals surface area contributed by atoms with E-state index < -0.39 is 0 Å². The molecule has 3 nitrogen and oxygen atoms in total. The minimum absolute atomic E-state index is 0.374. The highest BCUT2D eigenvalue weighted by Crippen LogP contribution is 2.46. The number of rotatable bonds is 9. The Labute approximate surface area is 329 Å². The summed E-state index contributed by atoms with van der Waals surface area (Å²) in [7, 11) is 0. The Balaban J connectivity index is 1.27. The molecule has 1 heterocycles. The Kier molecular flexibility index (Phi) is 9.66. The summed E-state index contributed by atoms with van der Waals surface area (Å²) >= 11 is 0. The van der Waals surface area contributed by atoms with Gasteiger partial charge in [-0.05, 0) is 75.4 Å². The second-order valence-electron chi connectivity index (χ2n) is 14.0. The predicted molar refractivity (Wildman–Crippen MR) is 236 cm³/mol. The van der Waals surface area contributed by atoms with Crippen molar-refractivity contribution in [3.63, 3.8) is 0 Å². The molecule has 56 heavy (non-hydrogen) atoms. The quantitative estimate of drug-likeness (QED) is 0.156. The Morgan fingerprint density at radius 1 is 0.446 bits per heavy atom. The molecule has 3 heteroatoms. The molecule has 0 saturated carbocycles. The van der Waals surface area contributed by atoms with E-state index in [0.717, 1.165) is 67.4 Å². The second kappa shape index (κ2) is 15.6. The molecule has 0 saturated heterocycles. The largest absolute Gasteiger partial charge is 0.354 e. The zero-order valence-corrected chi connectivity index (χ0v) is 31.0. The molecular weight excluding hydrogens is 679 g/mol. The fourth-order valence-electron chi connectivity index (χ4n) is 7.83. The van der Waals surface area contributed by atoms with Crippen LogP contribution in [0.5, 0.6) is 0 Å². The molecule has 3 N–H and O–H groups in total. The van der Waals surface area contributed by atoms with E-state index in [1.165, 1.54) is 16.7 Å². The number of hydrogen-bond acceptors (Lipinski definition) is 3. The van der Waals surface area contributed by atoms with E-state index >= 15 is 0 Å². The van der Waals surface area contributed by atoms with Crippen LogP contribution in [-0.4, -0.2) is 0 Å². The molecule has 1 aliphatic rings. The first-order valence-electron chi connectivity index (χ1n) is 19.1. The number of nitrogens with one attached hydrogen (secondary N) is 1. The lowest BCUT2D eigenvalue weighted by molar-refractivity contribution is 0.928. The first kappa shape index (κ1) is 34.6. The molecule has 0 fully saturated rings. The summed E-state index contributed by atoms with van der Waals surface area (Å²) in [4.78, 5) is 2.38. The third-order valence-corrected chi connectivity index (χ3v) is 10.5. The molecule has 0 spiro atoms. The van der Waals surface area contributed by atoms with Crippen molar-refractivity contribution in [3.05, 3.63) is 246 Å². The summed E-state index contributed by atoms with van der Waals surface area (Å²) in [6.45, 7) is 0. The number of nitrogens with zero attached hydrogens (tertiary/aromatic N) is 1. The zero-order valence-electron chi connectivity index (χ0n) is 31.0. The van der Waals surface area contributed by atoms with Gasteiger partial charge >= 0.3 is 0 Å². The van der Waals surface area contributed by atoms with Crippen molar-refractivity contribution in [2.75, 3.05) is 4.90 Å². The van der Waals surface area contributed by atoms with Crippen molar-refractivity contribution in [2.24, 2.45) is 5.73 Å². The molecule has 0 amide bonds. The fraction of sp³-hybridized carbons (Fsp3) is 0.0189. The Hall–Kier alpha value is -7.20. The first-order valence-corrected chi connectivity index (χ1v) is 19.1. The predicted octanol–water partition coefficient (Wildman–Crippen LogP) is 13.2. The van der Waals surface area contributed by atoms with Gasteiger partial charge in [-0.2, -0.15) is 0 Å². The average molecular weight is 720 g/mol. The highest BCUT2D eigenvalue weighted by atomic mass is 15.1. The molecular formula is C53H41N3. The molecule has 0 aliphatic carbocycles. The van der Waals surface area contributed by atoms with Gasteiger partial charge < -0.3 is 16.0 Å². The van der Waals surface area contributed by atoms with Gasteiger partial charge in [-0.3, -0.25) is 0 Å². The maximum Gasteiger partial charge on any atom is 0.0578 e. The van der Waals surface area contributed by atoms with Gasteiger partial charge in [0.1, 0.15) is 0 Å². The van der Waals surface area contributed by atoms with E-state index in [4.69, 9.17) is 5.73 Å². The van der Waals surface area contributed by atoms with Crippen LogP contribution in [-0.2, 0) is 0 Å². The maximum atomic E-state index is 7.27. The smallest absolute Gasteiger partial charge is 0.0578 e. The number of hydrogen-bond donors (Lipinski definition) is 2. The third-order valence-electron chi connectivity index (χ3n) is 10.5. The van der Waals surface area contributed by atoms with Gasteiger partial charge in [0.25, 0.3) is 0 Å². The topological polar surface area (TPSA) is 41.3 Å². The van der Waals surface area contributed by atoms with Crippen LogP contribution in [0.2, 0.25) is 0 Å². The van der Waals surface area contributed by atoms with E-state index in [1.54, 1.807) is 0 Å². The molecule has 1 aliphatic heterocycles. The summed E-state index contributed by atoms with van der Waals surface area (Å²) < 4.78 is 0. The van der Waals surface area contributed by atoms with Crippen LogP contribution in [0.4, 0.5) is 17.1 Å². The van der Waals surface area contributed by atoms with Crippen molar-refractivity contribution >= 4 is 40.1 Å². The fourth-order valence-corrected chi connectivity index (χ4v) is 7.83. The van der Waals surface area contributed by atoms with Crippen LogP contribution >= 0.6 is 0 Å².